The van der Waals surface area contributed by atoms with Crippen LogP contribution in [-0.4, -0.2) is 57.3 Å². The number of piperidine rings is 1. The number of aromatic nitrogens is 3. The second-order valence-electron chi connectivity index (χ2n) is 7.41. The Kier molecular flexibility index (Phi) is 4.92. The maximum atomic E-state index is 12.8. The molecule has 2 aliphatic rings. The summed E-state index contributed by atoms with van der Waals surface area (Å²) in [6.07, 6.45) is 9.08. The summed E-state index contributed by atoms with van der Waals surface area (Å²) >= 11 is 0. The molecule has 7 nitrogen and oxygen atoms in total. The van der Waals surface area contributed by atoms with Crippen molar-refractivity contribution >= 4 is 17.5 Å². The number of amides is 1. The van der Waals surface area contributed by atoms with Crippen LogP contribution in [0.25, 0.3) is 0 Å². The molecule has 2 aromatic heterocycles. The van der Waals surface area contributed by atoms with Gasteiger partial charge in [0, 0.05) is 63.3 Å². The number of hydrogen-bond acceptors (Lipinski definition) is 5. The van der Waals surface area contributed by atoms with E-state index in [4.69, 9.17) is 0 Å². The number of nitrogens with zero attached hydrogens (tertiary/aromatic N) is 5. The number of anilines is 1. The molecule has 0 aliphatic carbocycles. The Morgan fingerprint density at radius 3 is 2.63 bits per heavy atom. The standard InChI is InChI=1S/C20H25N5O2/c1-23-12-8-22-19(23)18(26)16-5-4-11-25(14-16)17-13-15(6-7-21-17)20(27)24-9-2-3-10-24/h6-8,12-13,16H,2-5,9-11,14H2,1H3/t16-/m0/s1. The molecule has 7 heteroatoms. The number of rotatable bonds is 4. The molecule has 1 atom stereocenters. The highest BCUT2D eigenvalue weighted by molar-refractivity contribution is 5.96. The smallest absolute Gasteiger partial charge is 0.254 e. The van der Waals surface area contributed by atoms with Crippen LogP contribution >= 0.6 is 0 Å². The molecule has 4 heterocycles. The number of hydrogen-bond donors (Lipinski definition) is 0. The quantitative estimate of drug-likeness (QED) is 0.775. The van der Waals surface area contributed by atoms with Crippen LogP contribution in [-0.2, 0) is 7.05 Å². The van der Waals surface area contributed by atoms with E-state index >= 15 is 0 Å². The van der Waals surface area contributed by atoms with Gasteiger partial charge in [0.1, 0.15) is 5.82 Å². The third-order valence-electron chi connectivity index (χ3n) is 5.54. The van der Waals surface area contributed by atoms with E-state index in [2.05, 4.69) is 14.9 Å². The maximum Gasteiger partial charge on any atom is 0.254 e. The minimum Gasteiger partial charge on any atom is -0.356 e. The number of pyridine rings is 1. The molecule has 142 valence electrons. The molecule has 27 heavy (non-hydrogen) atoms. The second kappa shape index (κ2) is 7.50. The number of Topliss-reactive ketones (excluding diaryl/α,β-unsaturated/α-hetero) is 1. The Bertz CT molecular complexity index is 840. The average Bonchev–Trinajstić information content (AvgIpc) is 3.39. The number of carbonyl (C=O) groups excluding carboxylic acids is 2. The molecule has 0 saturated carbocycles. The number of ketones is 1. The van der Waals surface area contributed by atoms with Gasteiger partial charge in [-0.1, -0.05) is 0 Å². The predicted octanol–water partition coefficient (Wildman–Crippen LogP) is 2.15. The van der Waals surface area contributed by atoms with Crippen LogP contribution in [0.3, 0.4) is 0 Å². The summed E-state index contributed by atoms with van der Waals surface area (Å²) in [5.41, 5.74) is 0.680. The van der Waals surface area contributed by atoms with Gasteiger partial charge in [0.25, 0.3) is 5.91 Å². The Labute approximate surface area is 159 Å². The van der Waals surface area contributed by atoms with Gasteiger partial charge < -0.3 is 14.4 Å². The van der Waals surface area contributed by atoms with E-state index in [1.165, 1.54) is 0 Å². The molecule has 0 N–H and O–H groups in total. The maximum absolute atomic E-state index is 12.8. The lowest BCUT2D eigenvalue weighted by Gasteiger charge is -2.33. The van der Waals surface area contributed by atoms with Crippen molar-refractivity contribution < 1.29 is 9.59 Å². The predicted molar refractivity (Wildman–Crippen MR) is 102 cm³/mol. The topological polar surface area (TPSA) is 71.3 Å². The van der Waals surface area contributed by atoms with Crippen LogP contribution in [0.15, 0.2) is 30.7 Å². The van der Waals surface area contributed by atoms with Crippen LogP contribution in [0.2, 0.25) is 0 Å². The van der Waals surface area contributed by atoms with Crippen LogP contribution in [0, 0.1) is 5.92 Å². The lowest BCUT2D eigenvalue weighted by molar-refractivity contribution is 0.0792. The van der Waals surface area contributed by atoms with Gasteiger partial charge in [-0.2, -0.15) is 0 Å². The van der Waals surface area contributed by atoms with E-state index < -0.39 is 0 Å². The van der Waals surface area contributed by atoms with Crippen LogP contribution in [0.4, 0.5) is 5.82 Å². The Hall–Kier alpha value is -2.70. The first-order valence-corrected chi connectivity index (χ1v) is 9.65. The Balaban J connectivity index is 1.50. The van der Waals surface area contributed by atoms with Crippen molar-refractivity contribution in [3.8, 4) is 0 Å². The number of carbonyl (C=O) groups is 2. The van der Waals surface area contributed by atoms with Gasteiger partial charge in [0.05, 0.1) is 0 Å². The largest absolute Gasteiger partial charge is 0.356 e. The fourth-order valence-corrected chi connectivity index (χ4v) is 4.01. The van der Waals surface area contributed by atoms with Crippen molar-refractivity contribution in [2.24, 2.45) is 13.0 Å². The SMILES string of the molecule is Cn1ccnc1C(=O)[C@H]1CCCN(c2cc(C(=O)N3CCCC3)ccn2)C1. The fraction of sp³-hybridized carbons (Fsp3) is 0.500. The summed E-state index contributed by atoms with van der Waals surface area (Å²) in [5.74, 6) is 1.34. The minimum atomic E-state index is -0.0976. The van der Waals surface area contributed by atoms with Crippen molar-refractivity contribution in [3.63, 3.8) is 0 Å². The Morgan fingerprint density at radius 1 is 1.07 bits per heavy atom. The van der Waals surface area contributed by atoms with Gasteiger partial charge in [0.2, 0.25) is 5.78 Å². The first-order valence-electron chi connectivity index (χ1n) is 9.65. The van der Waals surface area contributed by atoms with Crippen molar-refractivity contribution in [1.29, 1.82) is 0 Å². The van der Waals surface area contributed by atoms with Crippen LogP contribution in [0.5, 0.6) is 0 Å². The van der Waals surface area contributed by atoms with Crippen molar-refractivity contribution in [1.82, 2.24) is 19.4 Å². The molecule has 2 aromatic rings. The van der Waals surface area contributed by atoms with E-state index in [-0.39, 0.29) is 17.6 Å². The minimum absolute atomic E-state index is 0.0776. The molecule has 2 aliphatic heterocycles. The third kappa shape index (κ3) is 3.59. The number of imidazole rings is 1. The second-order valence-corrected chi connectivity index (χ2v) is 7.41. The number of likely N-dealkylation sites (tertiary alicyclic amines) is 1. The van der Waals surface area contributed by atoms with Gasteiger partial charge in [-0.25, -0.2) is 9.97 Å². The van der Waals surface area contributed by atoms with E-state index in [1.807, 2.05) is 18.0 Å². The highest BCUT2D eigenvalue weighted by Crippen LogP contribution is 2.25. The molecular weight excluding hydrogens is 342 g/mol. The van der Waals surface area contributed by atoms with Gasteiger partial charge in [-0.15, -0.1) is 0 Å². The molecule has 0 radical (unpaired) electrons. The normalized spacial score (nSPS) is 20.1. The summed E-state index contributed by atoms with van der Waals surface area (Å²) in [6.45, 7) is 3.12. The van der Waals surface area contributed by atoms with E-state index in [1.54, 1.807) is 29.2 Å². The molecular formula is C20H25N5O2. The first kappa shape index (κ1) is 17.7. The molecule has 4 rings (SSSR count). The molecule has 0 aromatic carbocycles. The zero-order chi connectivity index (χ0) is 18.8. The molecule has 1 amide bonds. The highest BCUT2D eigenvalue weighted by Gasteiger charge is 2.29. The molecule has 0 unspecified atom stereocenters. The molecule has 2 fully saturated rings. The molecule has 0 bridgehead atoms. The lowest BCUT2D eigenvalue weighted by Crippen LogP contribution is -2.40. The third-order valence-corrected chi connectivity index (χ3v) is 5.54. The van der Waals surface area contributed by atoms with E-state index in [9.17, 15) is 9.59 Å². The summed E-state index contributed by atoms with van der Waals surface area (Å²) < 4.78 is 1.77. The molecule has 2 saturated heterocycles. The lowest BCUT2D eigenvalue weighted by atomic mass is 9.93. The van der Waals surface area contributed by atoms with Crippen molar-refractivity contribution in [2.75, 3.05) is 31.1 Å². The highest BCUT2D eigenvalue weighted by atomic mass is 16.2. The van der Waals surface area contributed by atoms with Gasteiger partial charge in [-0.05, 0) is 37.8 Å². The zero-order valence-electron chi connectivity index (χ0n) is 15.7. The zero-order valence-corrected chi connectivity index (χ0v) is 15.7. The molecule has 0 spiro atoms. The average molecular weight is 367 g/mol. The monoisotopic (exact) mass is 367 g/mol. The van der Waals surface area contributed by atoms with Crippen molar-refractivity contribution in [3.05, 3.63) is 42.1 Å². The summed E-state index contributed by atoms with van der Waals surface area (Å²) in [6, 6.07) is 3.65. The van der Waals surface area contributed by atoms with Gasteiger partial charge in [-0.3, -0.25) is 9.59 Å². The van der Waals surface area contributed by atoms with Crippen molar-refractivity contribution in [2.45, 2.75) is 25.7 Å². The Morgan fingerprint density at radius 2 is 1.89 bits per heavy atom. The van der Waals surface area contributed by atoms with Gasteiger partial charge >= 0.3 is 0 Å². The van der Waals surface area contributed by atoms with Gasteiger partial charge in [0.15, 0.2) is 5.82 Å². The summed E-state index contributed by atoms with van der Waals surface area (Å²) in [4.78, 5) is 38.2. The van der Waals surface area contributed by atoms with E-state index in [0.717, 1.165) is 51.1 Å². The fourth-order valence-electron chi connectivity index (χ4n) is 4.01. The summed E-state index contributed by atoms with van der Waals surface area (Å²) in [5, 5.41) is 0. The van der Waals surface area contributed by atoms with Crippen LogP contribution in [0.1, 0.15) is 46.7 Å². The number of aryl methyl sites for hydroxylation is 1. The van der Waals surface area contributed by atoms with Crippen LogP contribution < -0.4 is 4.90 Å². The first-order chi connectivity index (χ1) is 13.1. The van der Waals surface area contributed by atoms with E-state index in [0.29, 0.717) is 17.9 Å². The summed E-state index contributed by atoms with van der Waals surface area (Å²) in [7, 11) is 1.84.